The van der Waals surface area contributed by atoms with E-state index in [4.69, 9.17) is 20.3 Å². The Balaban J connectivity index is 2.18. The standard InChI is InChI=1S/C16H17NO4/c1-20-9-8-11-2-5-13(6-3-11)21-15-10-12(17)4-7-14(15)16(18)19/h2-7,10H,8-9,17H2,1H3,(H,18,19). The van der Waals surface area contributed by atoms with E-state index in [0.29, 0.717) is 18.0 Å². The lowest BCUT2D eigenvalue weighted by Gasteiger charge is -2.10. The van der Waals surface area contributed by atoms with Gasteiger partial charge in [0, 0.05) is 18.9 Å². The van der Waals surface area contributed by atoms with E-state index in [2.05, 4.69) is 0 Å². The fourth-order valence-electron chi connectivity index (χ4n) is 1.87. The zero-order valence-electron chi connectivity index (χ0n) is 11.7. The minimum Gasteiger partial charge on any atom is -0.478 e. The van der Waals surface area contributed by atoms with Gasteiger partial charge in [-0.25, -0.2) is 4.79 Å². The lowest BCUT2D eigenvalue weighted by atomic mass is 10.1. The van der Waals surface area contributed by atoms with Crippen molar-refractivity contribution >= 4 is 11.7 Å². The van der Waals surface area contributed by atoms with Gasteiger partial charge in [-0.1, -0.05) is 12.1 Å². The van der Waals surface area contributed by atoms with Crippen molar-refractivity contribution in [2.45, 2.75) is 6.42 Å². The highest BCUT2D eigenvalue weighted by atomic mass is 16.5. The molecule has 0 heterocycles. The van der Waals surface area contributed by atoms with E-state index in [1.165, 1.54) is 18.2 Å². The topological polar surface area (TPSA) is 81.8 Å². The molecule has 0 aliphatic rings. The molecule has 0 saturated heterocycles. The smallest absolute Gasteiger partial charge is 0.339 e. The molecule has 0 aliphatic heterocycles. The fraction of sp³-hybridized carbons (Fsp3) is 0.188. The van der Waals surface area contributed by atoms with E-state index in [0.717, 1.165) is 12.0 Å². The lowest BCUT2D eigenvalue weighted by molar-refractivity contribution is 0.0694. The van der Waals surface area contributed by atoms with Crippen LogP contribution in [0.2, 0.25) is 0 Å². The minimum atomic E-state index is -1.05. The van der Waals surface area contributed by atoms with Gasteiger partial charge in [0.15, 0.2) is 0 Å². The summed E-state index contributed by atoms with van der Waals surface area (Å²) >= 11 is 0. The Morgan fingerprint density at radius 1 is 1.19 bits per heavy atom. The summed E-state index contributed by atoms with van der Waals surface area (Å²) in [6.07, 6.45) is 0.815. The highest BCUT2D eigenvalue weighted by Crippen LogP contribution is 2.27. The number of nitrogens with two attached hydrogens (primary N) is 1. The third-order valence-corrected chi connectivity index (χ3v) is 2.98. The first kappa shape index (κ1) is 14.9. The maximum Gasteiger partial charge on any atom is 0.339 e. The molecule has 0 aliphatic carbocycles. The molecule has 3 N–H and O–H groups in total. The summed E-state index contributed by atoms with van der Waals surface area (Å²) < 4.78 is 10.6. The number of hydrogen-bond acceptors (Lipinski definition) is 4. The van der Waals surface area contributed by atoms with E-state index in [-0.39, 0.29) is 11.3 Å². The summed E-state index contributed by atoms with van der Waals surface area (Å²) in [6.45, 7) is 0.651. The number of carbonyl (C=O) groups is 1. The second-order valence-corrected chi connectivity index (χ2v) is 4.55. The van der Waals surface area contributed by atoms with Crippen molar-refractivity contribution in [1.29, 1.82) is 0 Å². The Morgan fingerprint density at radius 2 is 1.90 bits per heavy atom. The first-order valence-corrected chi connectivity index (χ1v) is 6.48. The molecule has 0 amide bonds. The number of anilines is 1. The number of ether oxygens (including phenoxy) is 2. The Hall–Kier alpha value is -2.53. The van der Waals surface area contributed by atoms with E-state index in [1.807, 2.05) is 12.1 Å². The first-order chi connectivity index (χ1) is 10.1. The van der Waals surface area contributed by atoms with Crippen LogP contribution >= 0.6 is 0 Å². The monoisotopic (exact) mass is 287 g/mol. The lowest BCUT2D eigenvalue weighted by Crippen LogP contribution is -2.01. The Kier molecular flexibility index (Phi) is 4.79. The van der Waals surface area contributed by atoms with Crippen LogP contribution in [0.15, 0.2) is 42.5 Å². The molecule has 0 atom stereocenters. The molecular weight excluding hydrogens is 270 g/mol. The molecule has 2 aromatic carbocycles. The van der Waals surface area contributed by atoms with Crippen LogP contribution in [-0.2, 0) is 11.2 Å². The number of carboxylic acids is 1. The first-order valence-electron chi connectivity index (χ1n) is 6.48. The Morgan fingerprint density at radius 3 is 2.52 bits per heavy atom. The van der Waals surface area contributed by atoms with Crippen LogP contribution in [0.4, 0.5) is 5.69 Å². The van der Waals surface area contributed by atoms with Crippen LogP contribution in [-0.4, -0.2) is 24.8 Å². The summed E-state index contributed by atoms with van der Waals surface area (Å²) in [6, 6.07) is 11.9. The largest absolute Gasteiger partial charge is 0.478 e. The summed E-state index contributed by atoms with van der Waals surface area (Å²) in [5.41, 5.74) is 7.32. The number of aromatic carboxylic acids is 1. The van der Waals surface area contributed by atoms with Gasteiger partial charge in [0.2, 0.25) is 0 Å². The molecule has 5 heteroatoms. The quantitative estimate of drug-likeness (QED) is 0.798. The molecule has 0 aromatic heterocycles. The second kappa shape index (κ2) is 6.76. The fourth-order valence-corrected chi connectivity index (χ4v) is 1.87. The number of benzene rings is 2. The molecule has 0 fully saturated rings. The number of rotatable bonds is 6. The van der Waals surface area contributed by atoms with Gasteiger partial charge in [-0.3, -0.25) is 0 Å². The Bertz CT molecular complexity index is 623. The maximum absolute atomic E-state index is 11.2. The van der Waals surface area contributed by atoms with Crippen molar-refractivity contribution in [3.63, 3.8) is 0 Å². The molecule has 21 heavy (non-hydrogen) atoms. The average molecular weight is 287 g/mol. The van der Waals surface area contributed by atoms with Crippen LogP contribution in [0.25, 0.3) is 0 Å². The van der Waals surface area contributed by atoms with Gasteiger partial charge in [-0.15, -0.1) is 0 Å². The van der Waals surface area contributed by atoms with Gasteiger partial charge in [-0.2, -0.15) is 0 Å². The molecule has 2 rings (SSSR count). The van der Waals surface area contributed by atoms with E-state index in [1.54, 1.807) is 19.2 Å². The van der Waals surface area contributed by atoms with Crippen LogP contribution in [0.5, 0.6) is 11.5 Å². The van der Waals surface area contributed by atoms with Crippen molar-refractivity contribution in [3.05, 3.63) is 53.6 Å². The maximum atomic E-state index is 11.2. The van der Waals surface area contributed by atoms with Crippen LogP contribution < -0.4 is 10.5 Å². The second-order valence-electron chi connectivity index (χ2n) is 4.55. The molecule has 2 aromatic rings. The third-order valence-electron chi connectivity index (χ3n) is 2.98. The highest BCUT2D eigenvalue weighted by molar-refractivity contribution is 5.91. The molecule has 110 valence electrons. The summed E-state index contributed by atoms with van der Waals surface area (Å²) in [7, 11) is 1.66. The number of hydrogen-bond donors (Lipinski definition) is 2. The van der Waals surface area contributed by atoms with Crippen molar-refractivity contribution in [2.75, 3.05) is 19.5 Å². The van der Waals surface area contributed by atoms with Crippen molar-refractivity contribution in [2.24, 2.45) is 0 Å². The normalized spacial score (nSPS) is 10.3. The van der Waals surface area contributed by atoms with E-state index >= 15 is 0 Å². The number of methoxy groups -OCH3 is 1. The molecular formula is C16H17NO4. The molecule has 0 unspecified atom stereocenters. The Labute approximate surface area is 122 Å². The number of carboxylic acid groups (broad SMARTS) is 1. The summed E-state index contributed by atoms with van der Waals surface area (Å²) in [4.78, 5) is 11.2. The minimum absolute atomic E-state index is 0.0765. The van der Waals surface area contributed by atoms with Gasteiger partial charge in [0.25, 0.3) is 0 Å². The summed E-state index contributed by atoms with van der Waals surface area (Å²) in [5.74, 6) is -0.266. The predicted octanol–water partition coefficient (Wildman–Crippen LogP) is 2.95. The van der Waals surface area contributed by atoms with Gasteiger partial charge in [0.1, 0.15) is 17.1 Å². The van der Waals surface area contributed by atoms with E-state index < -0.39 is 5.97 Å². The van der Waals surface area contributed by atoms with Crippen molar-refractivity contribution in [3.8, 4) is 11.5 Å². The van der Waals surface area contributed by atoms with Crippen LogP contribution in [0.3, 0.4) is 0 Å². The van der Waals surface area contributed by atoms with Gasteiger partial charge < -0.3 is 20.3 Å². The number of nitrogen functional groups attached to an aromatic ring is 1. The van der Waals surface area contributed by atoms with Gasteiger partial charge >= 0.3 is 5.97 Å². The van der Waals surface area contributed by atoms with Gasteiger partial charge in [-0.05, 0) is 36.2 Å². The van der Waals surface area contributed by atoms with E-state index in [9.17, 15) is 4.79 Å². The zero-order valence-corrected chi connectivity index (χ0v) is 11.7. The van der Waals surface area contributed by atoms with Gasteiger partial charge in [0.05, 0.1) is 6.61 Å². The third kappa shape index (κ3) is 3.97. The SMILES string of the molecule is COCCc1ccc(Oc2cc(N)ccc2C(=O)O)cc1. The molecule has 0 spiro atoms. The zero-order chi connectivity index (χ0) is 15.2. The molecule has 0 radical (unpaired) electrons. The predicted molar refractivity (Wildman–Crippen MR) is 79.9 cm³/mol. The van der Waals surface area contributed by atoms with Crippen molar-refractivity contribution in [1.82, 2.24) is 0 Å². The average Bonchev–Trinajstić information content (AvgIpc) is 2.46. The van der Waals surface area contributed by atoms with Crippen LogP contribution in [0, 0.1) is 0 Å². The highest BCUT2D eigenvalue weighted by Gasteiger charge is 2.12. The molecule has 0 saturated carbocycles. The van der Waals surface area contributed by atoms with Crippen LogP contribution in [0.1, 0.15) is 15.9 Å². The summed E-state index contributed by atoms with van der Waals surface area (Å²) in [5, 5.41) is 9.14. The molecule has 0 bridgehead atoms. The van der Waals surface area contributed by atoms with Crippen molar-refractivity contribution < 1.29 is 19.4 Å². The molecule has 5 nitrogen and oxygen atoms in total.